The standard InChI is InChI=1S/C16H24N2O2S/c1-4-16(2)15(19)18(11-7-5-8-12(11)20-3)14(17-16)13-9-6-10-21-13/h6,9-12,14,17H,4-5,7-8H2,1-3H3. The van der Waals surface area contributed by atoms with E-state index in [4.69, 9.17) is 4.74 Å². The van der Waals surface area contributed by atoms with E-state index in [2.05, 4.69) is 28.6 Å². The molecule has 0 bridgehead atoms. The second kappa shape index (κ2) is 5.71. The maximum atomic E-state index is 13.0. The first-order chi connectivity index (χ1) is 10.1. The Hall–Kier alpha value is -0.910. The third-order valence-corrected chi connectivity index (χ3v) is 5.96. The maximum Gasteiger partial charge on any atom is 0.244 e. The van der Waals surface area contributed by atoms with Gasteiger partial charge in [-0.3, -0.25) is 10.1 Å². The zero-order valence-electron chi connectivity index (χ0n) is 13.0. The van der Waals surface area contributed by atoms with Gasteiger partial charge in [0.1, 0.15) is 6.17 Å². The molecule has 3 rings (SSSR count). The number of hydrogen-bond donors (Lipinski definition) is 1. The number of nitrogens with one attached hydrogen (secondary N) is 1. The van der Waals surface area contributed by atoms with E-state index >= 15 is 0 Å². The Morgan fingerprint density at radius 3 is 2.95 bits per heavy atom. The van der Waals surface area contributed by atoms with Crippen molar-refractivity contribution >= 4 is 17.2 Å². The monoisotopic (exact) mass is 308 g/mol. The molecule has 5 heteroatoms. The van der Waals surface area contributed by atoms with Gasteiger partial charge in [-0.2, -0.15) is 0 Å². The number of nitrogens with zero attached hydrogens (tertiary/aromatic N) is 1. The van der Waals surface area contributed by atoms with Crippen LogP contribution < -0.4 is 5.32 Å². The molecule has 0 spiro atoms. The van der Waals surface area contributed by atoms with Crippen molar-refractivity contribution in [2.24, 2.45) is 0 Å². The highest BCUT2D eigenvalue weighted by atomic mass is 32.1. The van der Waals surface area contributed by atoms with Gasteiger partial charge in [-0.1, -0.05) is 13.0 Å². The predicted molar refractivity (Wildman–Crippen MR) is 84.2 cm³/mol. The SMILES string of the molecule is CCC1(C)NC(c2cccs2)N(C2CCCC2OC)C1=O. The highest BCUT2D eigenvalue weighted by Gasteiger charge is 2.52. The van der Waals surface area contributed by atoms with Crippen LogP contribution in [-0.4, -0.2) is 35.6 Å². The quantitative estimate of drug-likeness (QED) is 0.930. The minimum absolute atomic E-state index is 0.0109. The fourth-order valence-corrected chi connectivity index (χ4v) is 4.36. The van der Waals surface area contributed by atoms with Gasteiger partial charge in [0.2, 0.25) is 5.91 Å². The third kappa shape index (κ3) is 2.41. The van der Waals surface area contributed by atoms with E-state index in [0.717, 1.165) is 25.7 Å². The highest BCUT2D eigenvalue weighted by Crippen LogP contribution is 2.40. The van der Waals surface area contributed by atoms with E-state index in [1.165, 1.54) is 4.88 Å². The minimum atomic E-state index is -0.463. The van der Waals surface area contributed by atoms with Crippen molar-refractivity contribution in [1.82, 2.24) is 10.2 Å². The molecule has 0 radical (unpaired) electrons. The van der Waals surface area contributed by atoms with Gasteiger partial charge >= 0.3 is 0 Å². The molecule has 2 heterocycles. The molecule has 1 saturated heterocycles. The van der Waals surface area contributed by atoms with Gasteiger partial charge in [0, 0.05) is 12.0 Å². The average Bonchev–Trinajstić information content (AvgIpc) is 3.20. The summed E-state index contributed by atoms with van der Waals surface area (Å²) in [7, 11) is 1.76. The number of carbonyl (C=O) groups excluding carboxylic acids is 1. The number of carbonyl (C=O) groups is 1. The van der Waals surface area contributed by atoms with Gasteiger partial charge in [0.25, 0.3) is 0 Å². The van der Waals surface area contributed by atoms with Crippen molar-refractivity contribution in [2.45, 2.75) is 63.4 Å². The van der Waals surface area contributed by atoms with Crippen LogP contribution >= 0.6 is 11.3 Å². The highest BCUT2D eigenvalue weighted by molar-refractivity contribution is 7.10. The van der Waals surface area contributed by atoms with E-state index in [1.54, 1.807) is 18.4 Å². The summed E-state index contributed by atoms with van der Waals surface area (Å²) in [6, 6.07) is 4.35. The first kappa shape index (κ1) is 15.0. The van der Waals surface area contributed by atoms with Crippen LogP contribution in [0.5, 0.6) is 0 Å². The molecular weight excluding hydrogens is 284 g/mol. The topological polar surface area (TPSA) is 41.6 Å². The summed E-state index contributed by atoms with van der Waals surface area (Å²) in [5, 5.41) is 5.65. The van der Waals surface area contributed by atoms with Crippen molar-refractivity contribution in [3.8, 4) is 0 Å². The molecule has 1 N–H and O–H groups in total. The fraction of sp³-hybridized carbons (Fsp3) is 0.688. The van der Waals surface area contributed by atoms with Gasteiger partial charge < -0.3 is 9.64 Å². The number of ether oxygens (including phenoxy) is 1. The van der Waals surface area contributed by atoms with E-state index < -0.39 is 5.54 Å². The second-order valence-corrected chi connectivity index (χ2v) is 7.21. The molecule has 1 aromatic rings. The van der Waals surface area contributed by atoms with Crippen LogP contribution in [0.3, 0.4) is 0 Å². The first-order valence-electron chi connectivity index (χ1n) is 7.77. The van der Waals surface area contributed by atoms with Gasteiger partial charge in [-0.25, -0.2) is 0 Å². The summed E-state index contributed by atoms with van der Waals surface area (Å²) >= 11 is 1.71. The Morgan fingerprint density at radius 2 is 2.33 bits per heavy atom. The third-order valence-electron chi connectivity index (χ3n) is 5.04. The molecule has 1 saturated carbocycles. The summed E-state index contributed by atoms with van der Waals surface area (Å²) in [6.07, 6.45) is 4.17. The molecule has 1 amide bonds. The molecular formula is C16H24N2O2S. The van der Waals surface area contributed by atoms with E-state index in [-0.39, 0.29) is 24.2 Å². The lowest BCUT2D eigenvalue weighted by molar-refractivity contribution is -0.137. The maximum absolute atomic E-state index is 13.0. The molecule has 2 fully saturated rings. The van der Waals surface area contributed by atoms with Crippen molar-refractivity contribution in [3.05, 3.63) is 22.4 Å². The number of hydrogen-bond acceptors (Lipinski definition) is 4. The lowest BCUT2D eigenvalue weighted by Crippen LogP contribution is -2.47. The van der Waals surface area contributed by atoms with E-state index in [0.29, 0.717) is 0 Å². The summed E-state index contributed by atoms with van der Waals surface area (Å²) in [5.41, 5.74) is -0.463. The van der Waals surface area contributed by atoms with Gasteiger partial charge in [0.15, 0.2) is 0 Å². The summed E-state index contributed by atoms with van der Waals surface area (Å²) in [6.45, 7) is 4.09. The van der Waals surface area contributed by atoms with Crippen molar-refractivity contribution in [3.63, 3.8) is 0 Å². The second-order valence-electron chi connectivity index (χ2n) is 6.23. The average molecular weight is 308 g/mol. The molecule has 21 heavy (non-hydrogen) atoms. The summed E-state index contributed by atoms with van der Waals surface area (Å²) in [5.74, 6) is 0.220. The molecule has 4 atom stereocenters. The summed E-state index contributed by atoms with van der Waals surface area (Å²) < 4.78 is 5.63. The molecule has 116 valence electrons. The zero-order chi connectivity index (χ0) is 15.0. The van der Waals surface area contributed by atoms with E-state index in [9.17, 15) is 4.79 Å². The van der Waals surface area contributed by atoms with Crippen molar-refractivity contribution < 1.29 is 9.53 Å². The van der Waals surface area contributed by atoms with Crippen LogP contribution in [0, 0.1) is 0 Å². The Morgan fingerprint density at radius 1 is 1.52 bits per heavy atom. The van der Waals surface area contributed by atoms with Crippen LogP contribution in [0.4, 0.5) is 0 Å². The Balaban J connectivity index is 1.95. The first-order valence-corrected chi connectivity index (χ1v) is 8.65. The van der Waals surface area contributed by atoms with E-state index in [1.807, 2.05) is 13.0 Å². The van der Waals surface area contributed by atoms with Gasteiger partial charge in [0.05, 0.1) is 17.7 Å². The molecule has 1 aliphatic carbocycles. The largest absolute Gasteiger partial charge is 0.379 e. The number of rotatable bonds is 4. The lowest BCUT2D eigenvalue weighted by Gasteiger charge is -2.33. The van der Waals surface area contributed by atoms with Crippen molar-refractivity contribution in [2.75, 3.05) is 7.11 Å². The van der Waals surface area contributed by atoms with Crippen LogP contribution in [-0.2, 0) is 9.53 Å². The molecule has 1 aromatic heterocycles. The zero-order valence-corrected chi connectivity index (χ0v) is 13.8. The molecule has 4 nitrogen and oxygen atoms in total. The van der Waals surface area contributed by atoms with Gasteiger partial charge in [-0.05, 0) is 44.1 Å². The van der Waals surface area contributed by atoms with Crippen LogP contribution in [0.2, 0.25) is 0 Å². The summed E-state index contributed by atoms with van der Waals surface area (Å²) in [4.78, 5) is 16.3. The fourth-order valence-electron chi connectivity index (χ4n) is 3.59. The lowest BCUT2D eigenvalue weighted by atomic mass is 9.98. The minimum Gasteiger partial charge on any atom is -0.379 e. The molecule has 0 aromatic carbocycles. The van der Waals surface area contributed by atoms with Crippen LogP contribution in [0.1, 0.15) is 50.6 Å². The van der Waals surface area contributed by atoms with Crippen LogP contribution in [0.15, 0.2) is 17.5 Å². The molecule has 2 aliphatic rings. The van der Waals surface area contributed by atoms with Crippen LogP contribution in [0.25, 0.3) is 0 Å². The van der Waals surface area contributed by atoms with Gasteiger partial charge in [-0.15, -0.1) is 11.3 Å². The molecule has 4 unspecified atom stereocenters. The predicted octanol–water partition coefficient (Wildman–Crippen LogP) is 2.91. The Bertz CT molecular complexity index is 504. The Labute approximate surface area is 130 Å². The number of amides is 1. The smallest absolute Gasteiger partial charge is 0.244 e. The Kier molecular flexibility index (Phi) is 4.08. The normalized spacial score (nSPS) is 36.6. The van der Waals surface area contributed by atoms with Crippen molar-refractivity contribution in [1.29, 1.82) is 0 Å². The number of thiophene rings is 1. The molecule has 1 aliphatic heterocycles. The number of methoxy groups -OCH3 is 1.